The fourth-order valence-corrected chi connectivity index (χ4v) is 13.2. The molecule has 5 unspecified atom stereocenters. The predicted octanol–water partition coefficient (Wildman–Crippen LogP) is -3.65. The lowest BCUT2D eigenvalue weighted by Crippen LogP contribution is -2.45. The Bertz CT molecular complexity index is 3640. The summed E-state index contributed by atoms with van der Waals surface area (Å²) >= 11 is 0. The summed E-state index contributed by atoms with van der Waals surface area (Å²) in [5.41, 5.74) is 15.0. The molecule has 0 aromatic carbocycles. The highest BCUT2D eigenvalue weighted by atomic mass is 31.3. The molecule has 1 amide bonds. The Morgan fingerprint density at radius 3 is 2.00 bits per heavy atom. The second-order valence-electron chi connectivity index (χ2n) is 17.9. The fraction of sp³-hybridized carbons (Fsp3) is 0.543. The zero-order valence-corrected chi connectivity index (χ0v) is 44.1. The SMILES string of the molecule is CN(C)C(=O)C[C@H]1[C@@H](O)[C@H]([n+]2cn(C)c3c(=O)[nH]c(N)nc32)O[C@@H]1COP(=O)(O)OP(=O)(O)OP(=O)(O)OCC1O[C@@H](n2cnc3c(N)ncnc32)[C@H](F)[C@@H]1OP(=O)(O)OC[C@H]1O[C@@H](n2cnc3c(=O)[nH]c(N)nc32)[C@H](O)[C@@H]1O. The van der Waals surface area contributed by atoms with Gasteiger partial charge in [0, 0.05) is 26.4 Å². The highest BCUT2D eigenvalue weighted by Crippen LogP contribution is 2.68. The minimum Gasteiger partial charge on any atom is -0.387 e. The third-order valence-electron chi connectivity index (χ3n) is 12.4. The molecule has 9 rings (SSSR count). The third-order valence-corrected chi connectivity index (χ3v) is 17.6. The zero-order valence-electron chi connectivity index (χ0n) is 40.5. The Hall–Kier alpha value is -5.67. The van der Waals surface area contributed by atoms with Crippen LogP contribution in [0.4, 0.5) is 22.1 Å². The van der Waals surface area contributed by atoms with Gasteiger partial charge in [0.1, 0.15) is 48.5 Å². The van der Waals surface area contributed by atoms with E-state index >= 15 is 4.39 Å². The number of hydrogen-bond donors (Lipinski definition) is 12. The van der Waals surface area contributed by atoms with Gasteiger partial charge in [-0.15, -0.1) is 0 Å². The van der Waals surface area contributed by atoms with Gasteiger partial charge in [0.2, 0.25) is 23.6 Å². The first-order valence-corrected chi connectivity index (χ1v) is 28.5. The molecule has 3 aliphatic rings. The number of anilines is 3. The monoisotopic (exact) mass is 1200 g/mol. The maximum Gasteiger partial charge on any atom is 0.490 e. The molecule has 0 radical (unpaired) electrons. The number of halogens is 1. The maximum atomic E-state index is 16.6. The van der Waals surface area contributed by atoms with Crippen LogP contribution in [0.3, 0.4) is 0 Å². The number of ether oxygens (including phenoxy) is 3. The van der Waals surface area contributed by atoms with Crippen molar-refractivity contribution in [2.45, 2.75) is 74.0 Å². The van der Waals surface area contributed by atoms with Gasteiger partial charge in [-0.2, -0.15) is 13.6 Å². The third kappa shape index (κ3) is 11.9. The number of aliphatic hydroxyl groups excluding tert-OH is 3. The van der Waals surface area contributed by atoms with Crippen molar-refractivity contribution in [2.75, 3.05) is 51.1 Å². The van der Waals surface area contributed by atoms with Crippen LogP contribution in [0.5, 0.6) is 0 Å². The molecule has 6 aromatic rings. The summed E-state index contributed by atoms with van der Waals surface area (Å²) in [6.45, 7) is -3.60. The normalized spacial score (nSPS) is 29.5. The number of alkyl halides is 1. The number of rotatable bonds is 20. The average Bonchev–Trinajstić information content (AvgIpc) is 4.42. The van der Waals surface area contributed by atoms with Gasteiger partial charge in [0.05, 0.1) is 45.6 Å². The van der Waals surface area contributed by atoms with E-state index in [1.165, 1.54) is 36.6 Å². The van der Waals surface area contributed by atoms with Gasteiger partial charge in [0.15, 0.2) is 47.6 Å². The van der Waals surface area contributed by atoms with Crippen LogP contribution in [0, 0.1) is 5.92 Å². The van der Waals surface area contributed by atoms with E-state index in [-0.39, 0.29) is 51.2 Å². The molecule has 0 spiro atoms. The molecule has 16 atom stereocenters. The summed E-state index contributed by atoms with van der Waals surface area (Å²) in [6.07, 6.45) is -16.7. The van der Waals surface area contributed by atoms with Crippen LogP contribution in [-0.4, -0.2) is 182 Å². The number of carbonyl (C=O) groups excluding carboxylic acids is 1. The van der Waals surface area contributed by atoms with Crippen molar-refractivity contribution in [1.82, 2.24) is 58.5 Å². The van der Waals surface area contributed by atoms with E-state index in [1.54, 1.807) is 0 Å². The molecule has 3 aliphatic heterocycles. The Labute approximate surface area is 438 Å². The molecule has 0 bridgehead atoms. The van der Waals surface area contributed by atoms with Gasteiger partial charge in [-0.25, -0.2) is 47.2 Å². The fourth-order valence-electron chi connectivity index (χ4n) is 8.75. The molecule has 0 aliphatic carbocycles. The predicted molar refractivity (Wildman–Crippen MR) is 254 cm³/mol. The lowest BCUT2D eigenvalue weighted by atomic mass is 9.94. The van der Waals surface area contributed by atoms with Crippen molar-refractivity contribution >= 4 is 88.4 Å². The highest BCUT2D eigenvalue weighted by molar-refractivity contribution is 7.66. The minimum absolute atomic E-state index is 0.0206. The Kier molecular flexibility index (Phi) is 15.9. The van der Waals surface area contributed by atoms with E-state index in [2.05, 4.69) is 48.5 Å². The van der Waals surface area contributed by atoms with E-state index in [9.17, 15) is 67.5 Å². The summed E-state index contributed by atoms with van der Waals surface area (Å²) in [6, 6.07) is 0. The molecule has 3 fully saturated rings. The molecular formula is C35H48FN16O23P4+. The van der Waals surface area contributed by atoms with Crippen LogP contribution >= 0.6 is 31.3 Å². The molecule has 15 N–H and O–H groups in total. The van der Waals surface area contributed by atoms with E-state index in [0.717, 1.165) is 33.0 Å². The van der Waals surface area contributed by atoms with Crippen LogP contribution in [0.25, 0.3) is 33.5 Å². The molecule has 3 saturated heterocycles. The molecular weight excluding hydrogens is 1160 g/mol. The number of nitrogens with zero attached hydrogens (tertiary/aromatic N) is 11. The highest BCUT2D eigenvalue weighted by Gasteiger charge is 2.54. The van der Waals surface area contributed by atoms with Crippen LogP contribution in [-0.2, 0) is 71.0 Å². The Balaban J connectivity index is 0.868. The molecule has 39 nitrogen and oxygen atoms in total. The number of aliphatic hydroxyl groups is 3. The first-order chi connectivity index (χ1) is 36.9. The number of aryl methyl sites for hydroxylation is 1. The molecule has 9 heterocycles. The van der Waals surface area contributed by atoms with Crippen molar-refractivity contribution in [2.24, 2.45) is 13.0 Å². The zero-order chi connectivity index (χ0) is 57.4. The number of hydrogen-bond acceptors (Lipinski definition) is 28. The standard InChI is InChI=1S/C35H47FN16O23P4/c1-48(2)16(53)4-12-13(70-32(21(12)54)52-11-49(3)20-28(52)45-35(39)47-30(20)58)5-68-77(61,62)74-79(65,66)75-78(63,64)69-7-15-24(17(36)31(72-15)50-9-42-18-25(37)40-8-41-26(18)50)73-76(59,60)67-6-14-22(55)23(56)33(71-14)51-10-43-19-27(51)44-34(38)46-29(19)57/h8-15,17,21-24,31-33,54-56H,4-7H2,1-3H3,(H11-,37,38,39,40,41,44,45,46,47,57,58,59,60,61,62,63,64,65,66)/p+1/t12-,13-,14-,15?,17-,21-,22-,23-,24-,31-,32-,33-/m1/s1. The summed E-state index contributed by atoms with van der Waals surface area (Å²) in [4.78, 5) is 110. The van der Waals surface area contributed by atoms with Crippen molar-refractivity contribution in [3.63, 3.8) is 0 Å². The number of amides is 1. The largest absolute Gasteiger partial charge is 0.490 e. The number of phosphoric acid groups is 4. The van der Waals surface area contributed by atoms with Crippen molar-refractivity contribution < 1.29 is 108 Å². The van der Waals surface area contributed by atoms with Crippen molar-refractivity contribution in [1.29, 1.82) is 0 Å². The number of aromatic amines is 2. The number of nitrogens with two attached hydrogens (primary N) is 3. The first-order valence-electron chi connectivity index (χ1n) is 22.6. The van der Waals surface area contributed by atoms with E-state index in [4.69, 9.17) is 49.5 Å². The molecule has 6 aromatic heterocycles. The van der Waals surface area contributed by atoms with Gasteiger partial charge in [-0.05, 0) is 0 Å². The summed E-state index contributed by atoms with van der Waals surface area (Å²) in [7, 11) is -19.6. The van der Waals surface area contributed by atoms with E-state index < -0.39 is 148 Å². The number of carbonyl (C=O) groups is 1. The van der Waals surface area contributed by atoms with Gasteiger partial charge < -0.3 is 71.2 Å². The lowest BCUT2D eigenvalue weighted by Gasteiger charge is -2.24. The van der Waals surface area contributed by atoms with Gasteiger partial charge in [0.25, 0.3) is 17.1 Å². The van der Waals surface area contributed by atoms with Crippen LogP contribution in [0.1, 0.15) is 25.1 Å². The van der Waals surface area contributed by atoms with Crippen molar-refractivity contribution in [3.8, 4) is 0 Å². The average molecular weight is 1200 g/mol. The number of imidazole rings is 3. The number of phosphoric ester groups is 3. The van der Waals surface area contributed by atoms with Gasteiger partial charge >= 0.3 is 36.9 Å². The number of aromatic nitrogens is 12. The number of fused-ring (bicyclic) bond motifs is 3. The maximum absolute atomic E-state index is 16.6. The second kappa shape index (κ2) is 21.7. The van der Waals surface area contributed by atoms with Crippen LogP contribution in [0.2, 0.25) is 0 Å². The molecule has 44 heteroatoms. The Morgan fingerprint density at radius 2 is 1.33 bits per heavy atom. The number of H-pyrrole nitrogens is 2. The van der Waals surface area contributed by atoms with Crippen molar-refractivity contribution in [3.05, 3.63) is 46.0 Å². The first kappa shape index (κ1) is 58.0. The summed E-state index contributed by atoms with van der Waals surface area (Å²) < 4.78 is 120. The van der Waals surface area contributed by atoms with Gasteiger partial charge in [-0.1, -0.05) is 4.98 Å². The topological polar surface area (TPSA) is 553 Å². The quantitative estimate of drug-likeness (QED) is 0.0259. The van der Waals surface area contributed by atoms with Gasteiger partial charge in [-0.3, -0.25) is 56.1 Å². The van der Waals surface area contributed by atoms with E-state index in [0.29, 0.717) is 0 Å². The second-order valence-corrected chi connectivity index (χ2v) is 23.9. The molecule has 79 heavy (non-hydrogen) atoms. The Morgan fingerprint density at radius 1 is 0.747 bits per heavy atom. The smallest absolute Gasteiger partial charge is 0.387 e. The number of nitrogen functional groups attached to an aromatic ring is 3. The number of nitrogens with one attached hydrogen (secondary N) is 2. The minimum atomic E-state index is -6.28. The van der Waals surface area contributed by atoms with Crippen LogP contribution < -0.4 is 32.9 Å². The van der Waals surface area contributed by atoms with E-state index in [1.807, 2.05) is 0 Å². The summed E-state index contributed by atoms with van der Waals surface area (Å²) in [5, 5.41) is 33.1. The van der Waals surface area contributed by atoms with Crippen LogP contribution in [0.15, 0.2) is 34.9 Å². The molecule has 432 valence electrons. The summed E-state index contributed by atoms with van der Waals surface area (Å²) in [5.74, 6) is -2.66. The molecule has 0 saturated carbocycles. The lowest BCUT2D eigenvalue weighted by molar-refractivity contribution is -0.745.